The standard InChI is InChI=1S/C11H17N/c1-10(2)6-9-11(12-3)7-4-5-8-11/h6H,4-5,7-9H2,1-2H3. The summed E-state index contributed by atoms with van der Waals surface area (Å²) in [6, 6.07) is 0. The molecule has 0 atom stereocenters. The van der Waals surface area contributed by atoms with E-state index in [-0.39, 0.29) is 5.54 Å². The summed E-state index contributed by atoms with van der Waals surface area (Å²) < 4.78 is 0. The molecule has 66 valence electrons. The van der Waals surface area contributed by atoms with Gasteiger partial charge in [-0.05, 0) is 26.7 Å². The Morgan fingerprint density at radius 3 is 2.42 bits per heavy atom. The van der Waals surface area contributed by atoms with Crippen molar-refractivity contribution in [1.82, 2.24) is 0 Å². The first kappa shape index (κ1) is 9.32. The fraction of sp³-hybridized carbons (Fsp3) is 0.727. The molecule has 1 heteroatoms. The molecule has 1 fully saturated rings. The van der Waals surface area contributed by atoms with Gasteiger partial charge in [-0.15, -0.1) is 0 Å². The van der Waals surface area contributed by atoms with Gasteiger partial charge in [0.1, 0.15) is 0 Å². The summed E-state index contributed by atoms with van der Waals surface area (Å²) in [4.78, 5) is 3.80. The summed E-state index contributed by atoms with van der Waals surface area (Å²) in [5.74, 6) is 0. The van der Waals surface area contributed by atoms with E-state index in [0.717, 1.165) is 19.3 Å². The predicted molar refractivity (Wildman–Crippen MR) is 51.8 cm³/mol. The minimum Gasteiger partial charge on any atom is -0.310 e. The molecule has 0 heterocycles. The third kappa shape index (κ3) is 2.11. The highest BCUT2D eigenvalue weighted by molar-refractivity contribution is 5.08. The van der Waals surface area contributed by atoms with Crippen molar-refractivity contribution in [3.05, 3.63) is 23.1 Å². The molecule has 1 aliphatic rings. The Bertz CT molecular complexity index is 210. The zero-order valence-electron chi connectivity index (χ0n) is 8.06. The molecule has 0 aromatic rings. The molecule has 0 aromatic heterocycles. The van der Waals surface area contributed by atoms with E-state index in [0.29, 0.717) is 0 Å². The minimum absolute atomic E-state index is 0.0166. The first-order chi connectivity index (χ1) is 5.68. The van der Waals surface area contributed by atoms with Crippen LogP contribution in [0.5, 0.6) is 0 Å². The van der Waals surface area contributed by atoms with E-state index in [1.165, 1.54) is 18.4 Å². The van der Waals surface area contributed by atoms with Gasteiger partial charge in [0, 0.05) is 19.3 Å². The first-order valence-electron chi connectivity index (χ1n) is 4.70. The summed E-state index contributed by atoms with van der Waals surface area (Å²) in [6.07, 6.45) is 7.90. The SMILES string of the molecule is [C-]#[N+]C1(CC=C(C)C)CCCC1. The third-order valence-electron chi connectivity index (χ3n) is 2.66. The van der Waals surface area contributed by atoms with Crippen LogP contribution in [-0.4, -0.2) is 5.54 Å². The largest absolute Gasteiger partial charge is 0.310 e. The predicted octanol–water partition coefficient (Wildman–Crippen LogP) is 3.57. The maximum atomic E-state index is 7.19. The van der Waals surface area contributed by atoms with Crippen LogP contribution in [-0.2, 0) is 0 Å². The maximum absolute atomic E-state index is 7.19. The fourth-order valence-corrected chi connectivity index (χ4v) is 1.79. The Hall–Kier alpha value is -0.770. The van der Waals surface area contributed by atoms with E-state index in [4.69, 9.17) is 6.57 Å². The highest BCUT2D eigenvalue weighted by atomic mass is 14.8. The lowest BCUT2D eigenvalue weighted by Crippen LogP contribution is -2.18. The van der Waals surface area contributed by atoms with Crippen LogP contribution < -0.4 is 0 Å². The van der Waals surface area contributed by atoms with E-state index < -0.39 is 0 Å². The van der Waals surface area contributed by atoms with Crippen molar-refractivity contribution in [1.29, 1.82) is 0 Å². The molecule has 0 aromatic carbocycles. The second-order valence-electron chi connectivity index (χ2n) is 4.03. The van der Waals surface area contributed by atoms with Gasteiger partial charge in [-0.3, -0.25) is 0 Å². The molecule has 1 saturated carbocycles. The molecule has 0 bridgehead atoms. The summed E-state index contributed by atoms with van der Waals surface area (Å²) >= 11 is 0. The number of hydrogen-bond acceptors (Lipinski definition) is 0. The van der Waals surface area contributed by atoms with Crippen molar-refractivity contribution in [2.45, 2.75) is 51.5 Å². The van der Waals surface area contributed by atoms with Gasteiger partial charge in [-0.25, -0.2) is 6.57 Å². The van der Waals surface area contributed by atoms with Gasteiger partial charge in [0.25, 0.3) is 0 Å². The first-order valence-corrected chi connectivity index (χ1v) is 4.70. The van der Waals surface area contributed by atoms with Gasteiger partial charge in [-0.2, -0.15) is 0 Å². The Balaban J connectivity index is 2.58. The zero-order valence-corrected chi connectivity index (χ0v) is 8.06. The number of allylic oxidation sites excluding steroid dienone is 1. The molecule has 0 aliphatic heterocycles. The Morgan fingerprint density at radius 2 is 2.00 bits per heavy atom. The highest BCUT2D eigenvalue weighted by Gasteiger charge is 2.38. The lowest BCUT2D eigenvalue weighted by Gasteiger charge is -2.12. The lowest BCUT2D eigenvalue weighted by molar-refractivity contribution is 0.526. The zero-order chi connectivity index (χ0) is 9.03. The molecular weight excluding hydrogens is 146 g/mol. The minimum atomic E-state index is -0.0166. The van der Waals surface area contributed by atoms with Crippen molar-refractivity contribution in [2.75, 3.05) is 0 Å². The van der Waals surface area contributed by atoms with Crippen LogP contribution in [0.2, 0.25) is 0 Å². The van der Waals surface area contributed by atoms with Crippen molar-refractivity contribution in [3.8, 4) is 0 Å². The molecule has 0 amide bonds. The van der Waals surface area contributed by atoms with E-state index >= 15 is 0 Å². The number of nitrogens with zero attached hydrogens (tertiary/aromatic N) is 1. The molecular formula is C11H17N. The van der Waals surface area contributed by atoms with Gasteiger partial charge in [0.15, 0.2) is 0 Å². The van der Waals surface area contributed by atoms with Gasteiger partial charge in [-0.1, -0.05) is 11.6 Å². The second-order valence-corrected chi connectivity index (χ2v) is 4.03. The van der Waals surface area contributed by atoms with Crippen molar-refractivity contribution < 1.29 is 0 Å². The van der Waals surface area contributed by atoms with Crippen LogP contribution >= 0.6 is 0 Å². The quantitative estimate of drug-likeness (QED) is 0.433. The molecule has 0 unspecified atom stereocenters. The van der Waals surface area contributed by atoms with E-state index in [9.17, 15) is 0 Å². The van der Waals surface area contributed by atoms with Crippen LogP contribution in [0.25, 0.3) is 4.85 Å². The molecule has 12 heavy (non-hydrogen) atoms. The molecule has 0 spiro atoms. The van der Waals surface area contributed by atoms with Crippen LogP contribution in [0.4, 0.5) is 0 Å². The molecule has 1 aliphatic carbocycles. The Labute approximate surface area is 75.3 Å². The summed E-state index contributed by atoms with van der Waals surface area (Å²) in [5.41, 5.74) is 1.32. The summed E-state index contributed by atoms with van der Waals surface area (Å²) in [7, 11) is 0. The van der Waals surface area contributed by atoms with E-state index in [2.05, 4.69) is 24.8 Å². The average molecular weight is 163 g/mol. The Morgan fingerprint density at radius 1 is 1.42 bits per heavy atom. The molecule has 0 saturated heterocycles. The van der Waals surface area contributed by atoms with Crippen molar-refractivity contribution in [2.24, 2.45) is 0 Å². The van der Waals surface area contributed by atoms with Crippen LogP contribution in [0.1, 0.15) is 46.0 Å². The average Bonchev–Trinajstić information content (AvgIpc) is 2.50. The molecule has 0 N–H and O–H groups in total. The molecule has 1 nitrogen and oxygen atoms in total. The van der Waals surface area contributed by atoms with Crippen molar-refractivity contribution >= 4 is 0 Å². The van der Waals surface area contributed by atoms with Gasteiger partial charge in [0.05, 0.1) is 0 Å². The molecule has 1 rings (SSSR count). The van der Waals surface area contributed by atoms with E-state index in [1.807, 2.05) is 0 Å². The molecule has 0 radical (unpaired) electrons. The Kier molecular flexibility index (Phi) is 2.92. The normalized spacial score (nSPS) is 20.1. The number of hydrogen-bond donors (Lipinski definition) is 0. The highest BCUT2D eigenvalue weighted by Crippen LogP contribution is 2.36. The number of rotatable bonds is 2. The monoisotopic (exact) mass is 163 g/mol. The van der Waals surface area contributed by atoms with Crippen LogP contribution in [0, 0.1) is 6.57 Å². The van der Waals surface area contributed by atoms with Gasteiger partial charge >= 0.3 is 0 Å². The fourth-order valence-electron chi connectivity index (χ4n) is 1.79. The van der Waals surface area contributed by atoms with Crippen LogP contribution in [0.15, 0.2) is 11.6 Å². The third-order valence-corrected chi connectivity index (χ3v) is 2.66. The second kappa shape index (κ2) is 3.76. The van der Waals surface area contributed by atoms with E-state index in [1.54, 1.807) is 0 Å². The van der Waals surface area contributed by atoms with Crippen molar-refractivity contribution in [3.63, 3.8) is 0 Å². The topological polar surface area (TPSA) is 4.36 Å². The maximum Gasteiger partial charge on any atom is 0.236 e. The summed E-state index contributed by atoms with van der Waals surface area (Å²) in [6.45, 7) is 11.4. The van der Waals surface area contributed by atoms with Gasteiger partial charge in [0.2, 0.25) is 5.54 Å². The van der Waals surface area contributed by atoms with Gasteiger partial charge < -0.3 is 4.85 Å². The van der Waals surface area contributed by atoms with Crippen LogP contribution in [0.3, 0.4) is 0 Å². The lowest BCUT2D eigenvalue weighted by atomic mass is 9.93. The summed E-state index contributed by atoms with van der Waals surface area (Å²) in [5, 5.41) is 0. The smallest absolute Gasteiger partial charge is 0.236 e.